The molecular formula is C21H21NO2S. The Bertz CT molecular complexity index is 828. The standard InChI is InChI=1S/C21H21NO2S/c1-15-10-11-16(2)19(13-15)22-21(23)20(17-7-4-3-5-8-17)25-14-18-9-6-12-24-18/h3-13,20H,14H2,1-2H3,(H,22,23)/t20-/m1/s1. The molecule has 3 nitrogen and oxygen atoms in total. The van der Waals surface area contributed by atoms with Crippen LogP contribution in [0.5, 0.6) is 0 Å². The lowest BCUT2D eigenvalue weighted by Gasteiger charge is -2.18. The molecule has 0 aliphatic heterocycles. The number of amides is 1. The molecule has 0 radical (unpaired) electrons. The van der Waals surface area contributed by atoms with E-state index in [-0.39, 0.29) is 11.2 Å². The van der Waals surface area contributed by atoms with Gasteiger partial charge in [-0.1, -0.05) is 42.5 Å². The topological polar surface area (TPSA) is 42.2 Å². The molecule has 0 unspecified atom stereocenters. The Morgan fingerprint density at radius 1 is 1.08 bits per heavy atom. The molecule has 0 aliphatic rings. The fourth-order valence-electron chi connectivity index (χ4n) is 2.58. The molecule has 0 spiro atoms. The first-order valence-electron chi connectivity index (χ1n) is 8.20. The van der Waals surface area contributed by atoms with Gasteiger partial charge in [-0.05, 0) is 48.7 Å². The van der Waals surface area contributed by atoms with Gasteiger partial charge in [0.15, 0.2) is 0 Å². The lowest BCUT2D eigenvalue weighted by atomic mass is 10.1. The number of aryl methyl sites for hydroxylation is 2. The van der Waals surface area contributed by atoms with Crippen molar-refractivity contribution in [1.29, 1.82) is 0 Å². The molecule has 128 valence electrons. The van der Waals surface area contributed by atoms with Crippen LogP contribution in [0.2, 0.25) is 0 Å². The van der Waals surface area contributed by atoms with Crippen LogP contribution in [0.1, 0.15) is 27.7 Å². The molecule has 0 fully saturated rings. The van der Waals surface area contributed by atoms with Gasteiger partial charge in [0.05, 0.1) is 12.0 Å². The van der Waals surface area contributed by atoms with E-state index in [4.69, 9.17) is 4.42 Å². The van der Waals surface area contributed by atoms with E-state index in [1.807, 2.05) is 74.5 Å². The third-order valence-electron chi connectivity index (χ3n) is 3.96. The Morgan fingerprint density at radius 2 is 1.88 bits per heavy atom. The smallest absolute Gasteiger partial charge is 0.242 e. The van der Waals surface area contributed by atoms with Crippen molar-refractivity contribution in [1.82, 2.24) is 0 Å². The van der Waals surface area contributed by atoms with Crippen molar-refractivity contribution in [3.05, 3.63) is 89.4 Å². The lowest BCUT2D eigenvalue weighted by Crippen LogP contribution is -2.19. The van der Waals surface area contributed by atoms with Gasteiger partial charge < -0.3 is 9.73 Å². The number of carbonyl (C=O) groups excluding carboxylic acids is 1. The lowest BCUT2D eigenvalue weighted by molar-refractivity contribution is -0.115. The van der Waals surface area contributed by atoms with Crippen molar-refractivity contribution in [2.45, 2.75) is 24.9 Å². The highest BCUT2D eigenvalue weighted by Gasteiger charge is 2.22. The number of hydrogen-bond acceptors (Lipinski definition) is 3. The summed E-state index contributed by atoms with van der Waals surface area (Å²) in [7, 11) is 0. The Balaban J connectivity index is 1.80. The maximum absolute atomic E-state index is 13.0. The Kier molecular flexibility index (Phi) is 5.61. The van der Waals surface area contributed by atoms with Crippen molar-refractivity contribution >= 4 is 23.4 Å². The number of benzene rings is 2. The minimum Gasteiger partial charge on any atom is -0.468 e. The van der Waals surface area contributed by atoms with E-state index in [1.165, 1.54) is 0 Å². The second kappa shape index (κ2) is 8.08. The number of rotatable bonds is 6. The number of thioether (sulfide) groups is 1. The first-order valence-corrected chi connectivity index (χ1v) is 9.25. The zero-order valence-corrected chi connectivity index (χ0v) is 15.2. The predicted molar refractivity (Wildman–Crippen MR) is 104 cm³/mol. The molecule has 3 aromatic rings. The molecule has 1 aromatic heterocycles. The first-order chi connectivity index (χ1) is 12.1. The summed E-state index contributed by atoms with van der Waals surface area (Å²) in [5, 5.41) is 2.79. The number of hydrogen-bond donors (Lipinski definition) is 1. The van der Waals surface area contributed by atoms with Crippen molar-refractivity contribution < 1.29 is 9.21 Å². The molecule has 0 saturated carbocycles. The molecule has 4 heteroatoms. The quantitative estimate of drug-likeness (QED) is 0.637. The molecule has 1 heterocycles. The molecule has 2 aromatic carbocycles. The molecule has 1 N–H and O–H groups in total. The summed E-state index contributed by atoms with van der Waals surface area (Å²) in [4.78, 5) is 13.0. The summed E-state index contributed by atoms with van der Waals surface area (Å²) in [5.74, 6) is 1.49. The third-order valence-corrected chi connectivity index (χ3v) is 5.23. The molecule has 0 aliphatic carbocycles. The Hall–Kier alpha value is -2.46. The van der Waals surface area contributed by atoms with Gasteiger partial charge >= 0.3 is 0 Å². The third kappa shape index (κ3) is 4.54. The van der Waals surface area contributed by atoms with Crippen LogP contribution in [-0.4, -0.2) is 5.91 Å². The van der Waals surface area contributed by atoms with Crippen molar-refractivity contribution in [2.24, 2.45) is 0 Å². The van der Waals surface area contributed by atoms with Crippen molar-refractivity contribution in [2.75, 3.05) is 5.32 Å². The fourth-order valence-corrected chi connectivity index (χ4v) is 3.64. The van der Waals surface area contributed by atoms with Crippen LogP contribution >= 0.6 is 11.8 Å². The highest BCUT2D eigenvalue weighted by atomic mass is 32.2. The minimum absolute atomic E-state index is 0.0172. The highest BCUT2D eigenvalue weighted by molar-refractivity contribution is 7.99. The van der Waals surface area contributed by atoms with E-state index in [0.717, 1.165) is 28.1 Å². The molecule has 0 saturated heterocycles. The summed E-state index contributed by atoms with van der Waals surface area (Å²) < 4.78 is 5.40. The minimum atomic E-state index is -0.300. The average Bonchev–Trinajstić information content (AvgIpc) is 3.13. The van der Waals surface area contributed by atoms with Crippen LogP contribution in [0.25, 0.3) is 0 Å². The van der Waals surface area contributed by atoms with Crippen LogP contribution < -0.4 is 5.32 Å². The zero-order valence-electron chi connectivity index (χ0n) is 14.4. The van der Waals surface area contributed by atoms with Crippen LogP contribution in [0.4, 0.5) is 5.69 Å². The Morgan fingerprint density at radius 3 is 2.60 bits per heavy atom. The monoisotopic (exact) mass is 351 g/mol. The van der Waals surface area contributed by atoms with Gasteiger partial charge in [-0.3, -0.25) is 4.79 Å². The van der Waals surface area contributed by atoms with E-state index >= 15 is 0 Å². The first kappa shape index (κ1) is 17.4. The van der Waals surface area contributed by atoms with Gasteiger partial charge in [-0.25, -0.2) is 0 Å². The maximum atomic E-state index is 13.0. The van der Waals surface area contributed by atoms with Crippen molar-refractivity contribution in [3.8, 4) is 0 Å². The second-order valence-electron chi connectivity index (χ2n) is 5.99. The van der Waals surface area contributed by atoms with E-state index in [9.17, 15) is 4.79 Å². The normalized spacial score (nSPS) is 11.9. The van der Waals surface area contributed by atoms with Crippen molar-refractivity contribution in [3.63, 3.8) is 0 Å². The molecule has 3 rings (SSSR count). The van der Waals surface area contributed by atoms with Crippen LogP contribution in [0.15, 0.2) is 71.3 Å². The molecule has 1 amide bonds. The highest BCUT2D eigenvalue weighted by Crippen LogP contribution is 2.33. The number of nitrogens with one attached hydrogen (secondary N) is 1. The molecule has 0 bridgehead atoms. The predicted octanol–water partition coefficient (Wildman–Crippen LogP) is 5.51. The van der Waals surface area contributed by atoms with Gasteiger partial charge in [0, 0.05) is 5.69 Å². The maximum Gasteiger partial charge on any atom is 0.242 e. The van der Waals surface area contributed by atoms with Crippen LogP contribution in [0, 0.1) is 13.8 Å². The van der Waals surface area contributed by atoms with E-state index < -0.39 is 0 Å². The van der Waals surface area contributed by atoms with Gasteiger partial charge in [0.25, 0.3) is 0 Å². The fraction of sp³-hybridized carbons (Fsp3) is 0.190. The Labute approximate surface area is 152 Å². The molecule has 25 heavy (non-hydrogen) atoms. The number of anilines is 1. The van der Waals surface area contributed by atoms with Gasteiger partial charge in [-0.15, -0.1) is 11.8 Å². The summed E-state index contributed by atoms with van der Waals surface area (Å²) in [5.41, 5.74) is 4.04. The summed E-state index contributed by atoms with van der Waals surface area (Å²) in [6.07, 6.45) is 1.66. The largest absolute Gasteiger partial charge is 0.468 e. The summed E-state index contributed by atoms with van der Waals surface area (Å²) in [6, 6.07) is 19.7. The van der Waals surface area contributed by atoms with Gasteiger partial charge in [0.2, 0.25) is 5.91 Å². The van der Waals surface area contributed by atoms with E-state index in [2.05, 4.69) is 5.32 Å². The van der Waals surface area contributed by atoms with Crippen LogP contribution in [-0.2, 0) is 10.5 Å². The molecular weight excluding hydrogens is 330 g/mol. The van der Waals surface area contributed by atoms with Crippen LogP contribution in [0.3, 0.4) is 0 Å². The second-order valence-corrected chi connectivity index (χ2v) is 7.08. The summed E-state index contributed by atoms with van der Waals surface area (Å²) >= 11 is 1.56. The summed E-state index contributed by atoms with van der Waals surface area (Å²) in [6.45, 7) is 4.03. The average molecular weight is 351 g/mol. The van der Waals surface area contributed by atoms with Gasteiger partial charge in [-0.2, -0.15) is 0 Å². The van der Waals surface area contributed by atoms with E-state index in [0.29, 0.717) is 5.75 Å². The zero-order chi connectivity index (χ0) is 17.6. The van der Waals surface area contributed by atoms with Gasteiger partial charge in [0.1, 0.15) is 11.0 Å². The van der Waals surface area contributed by atoms with E-state index in [1.54, 1.807) is 18.0 Å². The number of furan rings is 1. The molecule has 1 atom stereocenters. The SMILES string of the molecule is Cc1ccc(C)c(NC(=O)[C@H](SCc2ccco2)c2ccccc2)c1. The number of carbonyl (C=O) groups is 1.